The average Bonchev–Trinajstić information content (AvgIpc) is 2.35. The summed E-state index contributed by atoms with van der Waals surface area (Å²) in [7, 11) is 0. The van der Waals surface area contributed by atoms with Crippen molar-refractivity contribution in [2.75, 3.05) is 6.61 Å². The van der Waals surface area contributed by atoms with E-state index < -0.39 is 36.4 Å². The molecule has 120 valence electrons. The van der Waals surface area contributed by atoms with Crippen LogP contribution in [0.15, 0.2) is 0 Å². The maximum atomic E-state index is 11.2. The number of hydrogen-bond donors (Lipinski definition) is 0. The molecule has 0 aromatic heterocycles. The first-order chi connectivity index (χ1) is 9.72. The van der Waals surface area contributed by atoms with Gasteiger partial charge in [-0.05, 0) is 0 Å². The Hall–Kier alpha value is -1.63. The molecular weight excluding hydrogens is 280 g/mol. The SMILES string of the molecule is CC(=O)OCC1OC(OC(C)=O)C(C)[C@@H](C)[C@H]1OC(C)=O. The van der Waals surface area contributed by atoms with Crippen LogP contribution in [0.4, 0.5) is 0 Å². The van der Waals surface area contributed by atoms with E-state index in [1.54, 1.807) is 0 Å². The number of esters is 3. The second-order valence-electron chi connectivity index (χ2n) is 5.25. The van der Waals surface area contributed by atoms with Gasteiger partial charge in [0, 0.05) is 32.6 Å². The minimum atomic E-state index is -0.759. The summed E-state index contributed by atoms with van der Waals surface area (Å²) in [5, 5.41) is 0. The third-order valence-corrected chi connectivity index (χ3v) is 3.49. The van der Waals surface area contributed by atoms with E-state index in [4.69, 9.17) is 18.9 Å². The van der Waals surface area contributed by atoms with Crippen molar-refractivity contribution in [3.63, 3.8) is 0 Å². The molecule has 7 heteroatoms. The van der Waals surface area contributed by atoms with Gasteiger partial charge in [0.05, 0.1) is 0 Å². The number of hydrogen-bond acceptors (Lipinski definition) is 7. The summed E-state index contributed by atoms with van der Waals surface area (Å²) < 4.78 is 21.0. The van der Waals surface area contributed by atoms with Gasteiger partial charge in [0.1, 0.15) is 18.8 Å². The zero-order chi connectivity index (χ0) is 16.2. The third kappa shape index (κ3) is 5.00. The molecule has 0 aromatic rings. The van der Waals surface area contributed by atoms with Crippen molar-refractivity contribution in [3.05, 3.63) is 0 Å². The molecule has 0 aliphatic carbocycles. The summed E-state index contributed by atoms with van der Waals surface area (Å²) in [4.78, 5) is 33.3. The lowest BCUT2D eigenvalue weighted by Crippen LogP contribution is -2.53. The van der Waals surface area contributed by atoms with Crippen LogP contribution in [0, 0.1) is 11.8 Å². The first-order valence-corrected chi connectivity index (χ1v) is 6.85. The van der Waals surface area contributed by atoms with Crippen molar-refractivity contribution >= 4 is 17.9 Å². The molecule has 1 saturated heterocycles. The van der Waals surface area contributed by atoms with Gasteiger partial charge in [0.2, 0.25) is 6.29 Å². The molecule has 5 atom stereocenters. The molecule has 1 aliphatic rings. The maximum Gasteiger partial charge on any atom is 0.304 e. The van der Waals surface area contributed by atoms with Crippen molar-refractivity contribution in [3.8, 4) is 0 Å². The number of rotatable bonds is 4. The Labute approximate surface area is 123 Å². The molecule has 0 spiro atoms. The van der Waals surface area contributed by atoms with E-state index in [9.17, 15) is 14.4 Å². The van der Waals surface area contributed by atoms with Crippen molar-refractivity contribution in [2.24, 2.45) is 11.8 Å². The van der Waals surface area contributed by atoms with Crippen LogP contribution in [-0.4, -0.2) is 43.0 Å². The van der Waals surface area contributed by atoms with Crippen LogP contribution in [0.2, 0.25) is 0 Å². The minimum Gasteiger partial charge on any atom is -0.463 e. The smallest absolute Gasteiger partial charge is 0.304 e. The first kappa shape index (κ1) is 17.4. The Morgan fingerprint density at radius 1 is 0.905 bits per heavy atom. The van der Waals surface area contributed by atoms with E-state index in [-0.39, 0.29) is 18.4 Å². The summed E-state index contributed by atoms with van der Waals surface area (Å²) in [5.41, 5.74) is 0. The number of carbonyl (C=O) groups is 3. The van der Waals surface area contributed by atoms with Gasteiger partial charge in [-0.3, -0.25) is 14.4 Å². The van der Waals surface area contributed by atoms with E-state index in [1.165, 1.54) is 20.8 Å². The molecule has 3 unspecified atom stereocenters. The number of carbonyl (C=O) groups excluding carboxylic acids is 3. The quantitative estimate of drug-likeness (QED) is 0.566. The highest BCUT2D eigenvalue weighted by Gasteiger charge is 2.45. The van der Waals surface area contributed by atoms with Gasteiger partial charge in [-0.15, -0.1) is 0 Å². The molecule has 1 rings (SSSR count). The standard InChI is InChI=1S/C14H22O7/c1-7-8(2)14(20-11(5)17)21-12(6-18-9(3)15)13(7)19-10(4)16/h7-8,12-14H,6H2,1-5H3/t7-,8?,12?,13-,14?/m1/s1. The lowest BCUT2D eigenvalue weighted by molar-refractivity contribution is -0.265. The molecule has 0 aromatic carbocycles. The Morgan fingerprint density at radius 2 is 1.48 bits per heavy atom. The third-order valence-electron chi connectivity index (χ3n) is 3.49. The van der Waals surface area contributed by atoms with Crippen LogP contribution < -0.4 is 0 Å². The first-order valence-electron chi connectivity index (χ1n) is 6.85. The maximum absolute atomic E-state index is 11.2. The van der Waals surface area contributed by atoms with Gasteiger partial charge in [-0.25, -0.2) is 0 Å². The van der Waals surface area contributed by atoms with Crippen LogP contribution in [-0.2, 0) is 33.3 Å². The predicted octanol–water partition coefficient (Wildman–Crippen LogP) is 1.04. The van der Waals surface area contributed by atoms with Crippen LogP contribution >= 0.6 is 0 Å². The summed E-state index contributed by atoms with van der Waals surface area (Å²) >= 11 is 0. The molecule has 0 N–H and O–H groups in total. The van der Waals surface area contributed by atoms with Crippen molar-refractivity contribution < 1.29 is 33.3 Å². The predicted molar refractivity (Wildman–Crippen MR) is 70.9 cm³/mol. The molecule has 0 bridgehead atoms. The Bertz CT molecular complexity index is 406. The van der Waals surface area contributed by atoms with E-state index in [0.29, 0.717) is 0 Å². The summed E-state index contributed by atoms with van der Waals surface area (Å²) in [5.74, 6) is -1.65. The van der Waals surface area contributed by atoms with Crippen molar-refractivity contribution in [2.45, 2.75) is 53.1 Å². The molecule has 0 radical (unpaired) electrons. The Morgan fingerprint density at radius 3 is 1.95 bits per heavy atom. The van der Waals surface area contributed by atoms with Crippen LogP contribution in [0.3, 0.4) is 0 Å². The summed E-state index contributed by atoms with van der Waals surface area (Å²) in [6.45, 7) is 7.52. The van der Waals surface area contributed by atoms with Crippen LogP contribution in [0.1, 0.15) is 34.6 Å². The summed E-state index contributed by atoms with van der Waals surface area (Å²) in [6, 6.07) is 0. The molecular formula is C14H22O7. The van der Waals surface area contributed by atoms with Gasteiger partial charge in [0.25, 0.3) is 0 Å². The van der Waals surface area contributed by atoms with Crippen LogP contribution in [0.5, 0.6) is 0 Å². The monoisotopic (exact) mass is 302 g/mol. The lowest BCUT2D eigenvalue weighted by atomic mass is 9.84. The van der Waals surface area contributed by atoms with E-state index in [0.717, 1.165) is 0 Å². The number of ether oxygens (including phenoxy) is 4. The normalized spacial score (nSPS) is 32.1. The molecule has 0 amide bonds. The second kappa shape index (κ2) is 7.40. The highest BCUT2D eigenvalue weighted by atomic mass is 16.7. The van der Waals surface area contributed by atoms with Crippen molar-refractivity contribution in [1.29, 1.82) is 0 Å². The van der Waals surface area contributed by atoms with Crippen molar-refractivity contribution in [1.82, 2.24) is 0 Å². The van der Waals surface area contributed by atoms with Crippen LogP contribution in [0.25, 0.3) is 0 Å². The highest BCUT2D eigenvalue weighted by Crippen LogP contribution is 2.33. The van der Waals surface area contributed by atoms with Gasteiger partial charge in [0.15, 0.2) is 0 Å². The van der Waals surface area contributed by atoms with E-state index >= 15 is 0 Å². The zero-order valence-corrected chi connectivity index (χ0v) is 13.0. The zero-order valence-electron chi connectivity index (χ0n) is 13.0. The van der Waals surface area contributed by atoms with Gasteiger partial charge >= 0.3 is 17.9 Å². The molecule has 1 fully saturated rings. The molecule has 21 heavy (non-hydrogen) atoms. The second-order valence-corrected chi connectivity index (χ2v) is 5.25. The Balaban J connectivity index is 2.86. The fraction of sp³-hybridized carbons (Fsp3) is 0.786. The minimum absolute atomic E-state index is 0.0674. The molecule has 1 heterocycles. The van der Waals surface area contributed by atoms with Gasteiger partial charge < -0.3 is 18.9 Å². The molecule has 7 nitrogen and oxygen atoms in total. The highest BCUT2D eigenvalue weighted by molar-refractivity contribution is 5.67. The topological polar surface area (TPSA) is 88.1 Å². The lowest BCUT2D eigenvalue weighted by Gasteiger charge is -2.42. The van der Waals surface area contributed by atoms with E-state index in [2.05, 4.69) is 0 Å². The van der Waals surface area contributed by atoms with Gasteiger partial charge in [-0.1, -0.05) is 13.8 Å². The largest absolute Gasteiger partial charge is 0.463 e. The summed E-state index contributed by atoms with van der Waals surface area (Å²) in [6.07, 6.45) is -2.00. The fourth-order valence-corrected chi connectivity index (χ4v) is 2.27. The van der Waals surface area contributed by atoms with E-state index in [1.807, 2.05) is 13.8 Å². The average molecular weight is 302 g/mol. The molecule has 1 aliphatic heterocycles. The van der Waals surface area contributed by atoms with Gasteiger partial charge in [-0.2, -0.15) is 0 Å². The fourth-order valence-electron chi connectivity index (χ4n) is 2.27. The molecule has 0 saturated carbocycles. The Kier molecular flexibility index (Phi) is 6.14.